The molecule has 1 heterocycles. The van der Waals surface area contributed by atoms with Gasteiger partial charge in [0, 0.05) is 17.0 Å². The van der Waals surface area contributed by atoms with Gasteiger partial charge >= 0.3 is 5.97 Å². The van der Waals surface area contributed by atoms with Crippen LogP contribution in [0.2, 0.25) is 0 Å². The molecule has 0 aromatic heterocycles. The minimum Gasteiger partial charge on any atom is -0.425 e. The first-order valence-electron chi connectivity index (χ1n) is 11.6. The van der Waals surface area contributed by atoms with Crippen molar-refractivity contribution >= 4 is 34.4 Å². The number of rotatable bonds is 5. The van der Waals surface area contributed by atoms with Gasteiger partial charge < -0.3 is 4.74 Å². The van der Waals surface area contributed by atoms with Crippen LogP contribution in [0.4, 0.5) is 0 Å². The molecule has 4 aromatic rings. The van der Waals surface area contributed by atoms with Gasteiger partial charge in [0.25, 0.3) is 0 Å². The van der Waals surface area contributed by atoms with Gasteiger partial charge in [-0.2, -0.15) is 0 Å². The molecule has 170 valence electrons. The van der Waals surface area contributed by atoms with E-state index in [9.17, 15) is 14.4 Å². The largest absolute Gasteiger partial charge is 0.425 e. The molecule has 6 rings (SSSR count). The van der Waals surface area contributed by atoms with Crippen molar-refractivity contribution in [1.29, 1.82) is 0 Å². The van der Waals surface area contributed by atoms with Crippen LogP contribution in [0, 0.1) is 10.8 Å². The van der Waals surface area contributed by atoms with Crippen molar-refractivity contribution in [3.05, 3.63) is 120 Å². The van der Waals surface area contributed by atoms with E-state index in [-0.39, 0.29) is 5.78 Å². The van der Waals surface area contributed by atoms with Crippen molar-refractivity contribution in [2.75, 3.05) is 0 Å². The van der Waals surface area contributed by atoms with E-state index in [1.807, 2.05) is 66.7 Å². The Bertz CT molecular complexity index is 1540. The van der Waals surface area contributed by atoms with Crippen molar-refractivity contribution in [3.8, 4) is 5.75 Å². The van der Waals surface area contributed by atoms with E-state index >= 15 is 0 Å². The van der Waals surface area contributed by atoms with Crippen LogP contribution >= 0.6 is 0 Å². The van der Waals surface area contributed by atoms with Crippen LogP contribution in [0.15, 0.2) is 103 Å². The highest BCUT2D eigenvalue weighted by Crippen LogP contribution is 2.79. The highest BCUT2D eigenvalue weighted by Gasteiger charge is 2.87. The van der Waals surface area contributed by atoms with Crippen molar-refractivity contribution in [1.82, 2.24) is 0 Å². The van der Waals surface area contributed by atoms with Gasteiger partial charge in [0.1, 0.15) is 5.75 Å². The zero-order valence-corrected chi connectivity index (χ0v) is 19.1. The van der Waals surface area contributed by atoms with Gasteiger partial charge in [-0.25, -0.2) is 0 Å². The zero-order chi connectivity index (χ0) is 24.2. The lowest BCUT2D eigenvalue weighted by Gasteiger charge is -2.23. The average Bonchev–Trinajstić information content (AvgIpc) is 3.50. The number of ketones is 2. The molecule has 2 aliphatic rings. The molecule has 0 amide bonds. The zero-order valence-electron chi connectivity index (χ0n) is 19.1. The number of allylic oxidation sites excluding steroid dienone is 1. The van der Waals surface area contributed by atoms with E-state index in [0.717, 1.165) is 21.9 Å². The topological polar surface area (TPSA) is 60.4 Å². The van der Waals surface area contributed by atoms with E-state index in [2.05, 4.69) is 0 Å². The summed E-state index contributed by atoms with van der Waals surface area (Å²) < 4.78 is 5.81. The molecule has 35 heavy (non-hydrogen) atoms. The second-order valence-corrected chi connectivity index (χ2v) is 9.33. The Balaban J connectivity index is 1.56. The summed E-state index contributed by atoms with van der Waals surface area (Å²) in [5, 5.41) is 1.85. The molecule has 1 saturated carbocycles. The molecular formula is C31H22O4. The quantitative estimate of drug-likeness (QED) is 0.121. The second-order valence-electron chi connectivity index (χ2n) is 9.33. The minimum absolute atomic E-state index is 0.234. The van der Waals surface area contributed by atoms with E-state index in [1.54, 1.807) is 43.3 Å². The molecule has 1 aliphatic carbocycles. The minimum atomic E-state index is -1.62. The number of ether oxygens (including phenoxy) is 1. The lowest BCUT2D eigenvalue weighted by molar-refractivity contribution is -0.147. The smallest absolute Gasteiger partial charge is 0.327 e. The first-order valence-corrected chi connectivity index (χ1v) is 11.6. The molecule has 1 aliphatic heterocycles. The molecule has 0 bridgehead atoms. The van der Waals surface area contributed by atoms with Gasteiger partial charge in [0.05, 0.1) is 5.41 Å². The summed E-state index contributed by atoms with van der Waals surface area (Å²) in [4.78, 5) is 41.5. The molecule has 1 unspecified atom stereocenters. The fourth-order valence-corrected chi connectivity index (χ4v) is 5.86. The Labute approximate surface area is 202 Å². The number of benzene rings is 4. The number of Topliss-reactive ketones (excluding diaryl/α,β-unsaturated/α-hetero) is 1. The molecular weight excluding hydrogens is 436 g/mol. The Morgan fingerprint density at radius 3 is 2.23 bits per heavy atom. The molecule has 0 saturated heterocycles. The molecule has 0 spiro atoms. The average molecular weight is 459 g/mol. The van der Waals surface area contributed by atoms with E-state index in [4.69, 9.17) is 4.74 Å². The maximum absolute atomic E-state index is 14.0. The molecule has 4 nitrogen and oxygen atoms in total. The van der Waals surface area contributed by atoms with Gasteiger partial charge in [0.2, 0.25) is 0 Å². The maximum atomic E-state index is 14.0. The monoisotopic (exact) mass is 458 g/mol. The summed E-state index contributed by atoms with van der Waals surface area (Å²) >= 11 is 0. The summed E-state index contributed by atoms with van der Waals surface area (Å²) in [6.07, 6.45) is 3.11. The standard InChI is InChI=1S/C31H22O4/c1-30(28(33)22-13-6-3-7-14-22)27-26-23-15-9-8-12-21(23)17-18-24(26)35-29(34)31(27,30)25(32)19-16-20-10-4-2-5-11-20/h2-19,27H,1H3/b19-16+/t27-,30?,31+/m0/s1. The molecule has 0 N–H and O–H groups in total. The van der Waals surface area contributed by atoms with Crippen molar-refractivity contribution in [2.24, 2.45) is 10.8 Å². The molecule has 1 fully saturated rings. The number of fused-ring (bicyclic) bond motifs is 5. The summed E-state index contributed by atoms with van der Waals surface area (Å²) in [6, 6.07) is 29.7. The maximum Gasteiger partial charge on any atom is 0.327 e. The van der Waals surface area contributed by atoms with Gasteiger partial charge in [-0.1, -0.05) is 104 Å². The highest BCUT2D eigenvalue weighted by molar-refractivity contribution is 6.25. The van der Waals surface area contributed by atoms with E-state index in [1.165, 1.54) is 6.08 Å². The summed E-state index contributed by atoms with van der Waals surface area (Å²) in [5.41, 5.74) is -0.851. The lowest BCUT2D eigenvalue weighted by Crippen LogP contribution is -2.38. The van der Waals surface area contributed by atoms with Gasteiger partial charge in [-0.05, 0) is 28.5 Å². The Morgan fingerprint density at radius 2 is 1.49 bits per heavy atom. The van der Waals surface area contributed by atoms with Crippen molar-refractivity contribution < 1.29 is 19.1 Å². The molecule has 4 aromatic carbocycles. The fraction of sp³-hybridized carbons (Fsp3) is 0.129. The lowest BCUT2D eigenvalue weighted by atomic mass is 9.84. The van der Waals surface area contributed by atoms with Crippen LogP contribution in [0.25, 0.3) is 16.8 Å². The number of hydrogen-bond donors (Lipinski definition) is 0. The fourth-order valence-electron chi connectivity index (χ4n) is 5.86. The normalized spacial score (nSPS) is 24.5. The van der Waals surface area contributed by atoms with E-state index < -0.39 is 28.5 Å². The van der Waals surface area contributed by atoms with Crippen LogP contribution in [-0.2, 0) is 9.59 Å². The third-order valence-corrected chi connectivity index (χ3v) is 7.61. The SMILES string of the molecule is CC1(C(=O)c2ccccc2)[C@@H]2c3c(ccc4ccccc34)OC(=O)[C@@]21C(=O)/C=C/c1ccccc1. The van der Waals surface area contributed by atoms with Crippen LogP contribution in [0.3, 0.4) is 0 Å². The van der Waals surface area contributed by atoms with Crippen LogP contribution in [0.1, 0.15) is 34.3 Å². The molecule has 3 atom stereocenters. The Hall–Kier alpha value is -4.31. The number of esters is 1. The van der Waals surface area contributed by atoms with Crippen molar-refractivity contribution in [2.45, 2.75) is 12.8 Å². The third-order valence-electron chi connectivity index (χ3n) is 7.61. The Morgan fingerprint density at radius 1 is 0.829 bits per heavy atom. The van der Waals surface area contributed by atoms with E-state index in [0.29, 0.717) is 11.3 Å². The third kappa shape index (κ3) is 2.83. The number of carbonyl (C=O) groups excluding carboxylic acids is 3. The first-order chi connectivity index (χ1) is 17.0. The van der Waals surface area contributed by atoms with Crippen LogP contribution in [-0.4, -0.2) is 17.5 Å². The van der Waals surface area contributed by atoms with Crippen LogP contribution in [0.5, 0.6) is 5.75 Å². The van der Waals surface area contributed by atoms with Gasteiger partial charge in [-0.3, -0.25) is 14.4 Å². The van der Waals surface area contributed by atoms with Gasteiger partial charge in [0.15, 0.2) is 17.0 Å². The highest BCUT2D eigenvalue weighted by atomic mass is 16.5. The summed E-state index contributed by atoms with van der Waals surface area (Å²) in [5.74, 6) is -1.53. The number of carbonyl (C=O) groups is 3. The van der Waals surface area contributed by atoms with Crippen molar-refractivity contribution in [3.63, 3.8) is 0 Å². The predicted octanol–water partition coefficient (Wildman–Crippen LogP) is 6.01. The molecule has 4 heteroatoms. The number of hydrogen-bond acceptors (Lipinski definition) is 4. The summed E-state index contributed by atoms with van der Waals surface area (Å²) in [6.45, 7) is 1.74. The van der Waals surface area contributed by atoms with Crippen LogP contribution < -0.4 is 4.74 Å². The molecule has 0 radical (unpaired) electrons. The second kappa shape index (κ2) is 7.60. The first kappa shape index (κ1) is 21.2. The predicted molar refractivity (Wildman–Crippen MR) is 134 cm³/mol. The van der Waals surface area contributed by atoms with Gasteiger partial charge in [-0.15, -0.1) is 0 Å². The summed E-state index contributed by atoms with van der Waals surface area (Å²) in [7, 11) is 0. The Kier molecular flexibility index (Phi) is 4.61.